The Kier molecular flexibility index (Phi) is 6.12. The van der Waals surface area contributed by atoms with Crippen molar-refractivity contribution in [2.24, 2.45) is 0 Å². The maximum absolute atomic E-state index is 13.4. The van der Waals surface area contributed by atoms with E-state index < -0.39 is 0 Å². The van der Waals surface area contributed by atoms with E-state index in [2.05, 4.69) is 92.4 Å². The van der Waals surface area contributed by atoms with Gasteiger partial charge in [0.05, 0.1) is 0 Å². The molecule has 5 aromatic carbocycles. The second kappa shape index (κ2) is 9.85. The second-order valence-corrected chi connectivity index (χ2v) is 13.1. The van der Waals surface area contributed by atoms with Crippen molar-refractivity contribution in [3.05, 3.63) is 141 Å². The number of Topliss-reactive ketones (excluding diaryl/α,β-unsaturated/α-hetero) is 2. The normalized spacial score (nSPS) is 12.8. The number of rotatable bonds is 4. The third kappa shape index (κ3) is 4.37. The number of carbonyl (C=O) groups excluding carboxylic acids is 2. The minimum absolute atomic E-state index is 0.114. The molecule has 198 valence electrons. The van der Waals surface area contributed by atoms with Crippen molar-refractivity contribution in [1.82, 2.24) is 0 Å². The van der Waals surface area contributed by atoms with Crippen LogP contribution in [0.4, 0.5) is 15.9 Å². The van der Waals surface area contributed by atoms with Gasteiger partial charge in [-0.25, -0.2) is 0 Å². The first-order valence-electron chi connectivity index (χ1n) is 13.7. The van der Waals surface area contributed by atoms with Crippen LogP contribution in [0.25, 0.3) is 27.6 Å². The molecule has 41 heavy (non-hydrogen) atoms. The van der Waals surface area contributed by atoms with Crippen LogP contribution in [-0.4, -0.2) is 26.1 Å². The molecule has 0 fully saturated rings. The number of aryl methyl sites for hydroxylation is 3. The van der Waals surface area contributed by atoms with Gasteiger partial charge in [-0.2, -0.15) is 0 Å². The summed E-state index contributed by atoms with van der Waals surface area (Å²) >= 11 is -0.114. The summed E-state index contributed by atoms with van der Waals surface area (Å²) in [4.78, 5) is 29.2. The molecule has 0 bridgehead atoms. The molecule has 4 heteroatoms. The Morgan fingerprint density at radius 3 is 1.90 bits per heavy atom. The van der Waals surface area contributed by atoms with Gasteiger partial charge in [-0.1, -0.05) is 0 Å². The van der Waals surface area contributed by atoms with Crippen LogP contribution < -0.4 is 4.90 Å². The number of benzene rings is 5. The summed E-state index contributed by atoms with van der Waals surface area (Å²) in [5.74, 6) is -0.367. The Morgan fingerprint density at radius 1 is 0.634 bits per heavy atom. The molecule has 7 rings (SSSR count). The summed E-state index contributed by atoms with van der Waals surface area (Å²) in [6.45, 7) is 6.40. The van der Waals surface area contributed by atoms with Crippen molar-refractivity contribution in [1.29, 1.82) is 0 Å². The molecule has 3 nitrogen and oxygen atoms in total. The molecule has 1 aliphatic rings. The van der Waals surface area contributed by atoms with Crippen LogP contribution in [0.15, 0.2) is 109 Å². The number of anilines is 3. The fourth-order valence-corrected chi connectivity index (χ4v) is 7.98. The van der Waals surface area contributed by atoms with Crippen molar-refractivity contribution in [2.75, 3.05) is 4.90 Å². The quantitative estimate of drug-likeness (QED) is 0.116. The third-order valence-electron chi connectivity index (χ3n) is 7.81. The van der Waals surface area contributed by atoms with Gasteiger partial charge in [-0.15, -0.1) is 0 Å². The van der Waals surface area contributed by atoms with Gasteiger partial charge in [0.2, 0.25) is 0 Å². The predicted molar refractivity (Wildman–Crippen MR) is 170 cm³/mol. The van der Waals surface area contributed by atoms with Crippen LogP contribution >= 0.6 is 0 Å². The molecule has 0 saturated carbocycles. The first kappa shape index (κ1) is 25.5. The second-order valence-electron chi connectivity index (χ2n) is 10.8. The van der Waals surface area contributed by atoms with Gasteiger partial charge < -0.3 is 0 Å². The van der Waals surface area contributed by atoms with Crippen molar-refractivity contribution in [3.63, 3.8) is 0 Å². The molecule has 0 atom stereocenters. The third-order valence-corrected chi connectivity index (χ3v) is 9.94. The van der Waals surface area contributed by atoms with Crippen molar-refractivity contribution >= 4 is 69.6 Å². The van der Waals surface area contributed by atoms with Gasteiger partial charge in [0.1, 0.15) is 0 Å². The summed E-state index contributed by atoms with van der Waals surface area (Å²) in [6, 6.07) is 35.3. The molecule has 0 saturated heterocycles. The molecular formula is C37H27NO2Se. The van der Waals surface area contributed by atoms with Gasteiger partial charge in [-0.05, 0) is 0 Å². The topological polar surface area (TPSA) is 37.4 Å². The summed E-state index contributed by atoms with van der Waals surface area (Å²) in [5.41, 5.74) is 7.15. The number of allylic oxidation sites excluding steroid dienone is 1. The number of ketones is 2. The van der Waals surface area contributed by atoms with Crippen LogP contribution in [0.2, 0.25) is 0 Å². The number of hydrogen-bond acceptors (Lipinski definition) is 3. The number of carbonyl (C=O) groups is 2. The molecular weight excluding hydrogens is 569 g/mol. The van der Waals surface area contributed by atoms with Gasteiger partial charge in [0.25, 0.3) is 0 Å². The summed E-state index contributed by atoms with van der Waals surface area (Å²) in [6.07, 6.45) is 1.83. The van der Waals surface area contributed by atoms with Crippen LogP contribution in [-0.2, 0) is 0 Å². The predicted octanol–water partition coefficient (Wildman–Crippen LogP) is 8.91. The SMILES string of the molecule is Cc1cc(C)cc(N(c2ccc(C=C3C(=O)c4cc5ccccc5cc4C3=O)[se]2)c2ccc(C)c3ccccc23)c1. The first-order chi connectivity index (χ1) is 19.9. The fourth-order valence-electron chi connectivity index (χ4n) is 5.92. The van der Waals surface area contributed by atoms with Gasteiger partial charge >= 0.3 is 246 Å². The molecule has 0 N–H and O–H groups in total. The zero-order valence-corrected chi connectivity index (χ0v) is 24.8. The Balaban J connectivity index is 1.35. The standard InChI is InChI=1S/C37H27NO2Se/c1-22-16-23(2)18-27(17-22)38(34-14-12-24(3)29-10-6-7-11-30(29)34)35-15-13-28(41-35)21-33-36(39)31-19-25-8-4-5-9-26(25)20-32(31)37(33)40/h4-21H,1-3H3. The van der Waals surface area contributed by atoms with E-state index in [0.717, 1.165) is 31.1 Å². The number of hydrogen-bond donors (Lipinski definition) is 0. The van der Waals surface area contributed by atoms with E-state index in [0.29, 0.717) is 11.1 Å². The van der Waals surface area contributed by atoms with E-state index in [-0.39, 0.29) is 31.6 Å². The minimum atomic E-state index is -0.184. The Hall–Kier alpha value is -4.50. The first-order valence-corrected chi connectivity index (χ1v) is 15.4. The Morgan fingerprint density at radius 2 is 1.24 bits per heavy atom. The monoisotopic (exact) mass is 597 g/mol. The van der Waals surface area contributed by atoms with Crippen molar-refractivity contribution in [3.8, 4) is 0 Å². The van der Waals surface area contributed by atoms with E-state index in [9.17, 15) is 9.59 Å². The number of nitrogens with zero attached hydrogens (tertiary/aromatic N) is 1. The van der Waals surface area contributed by atoms with Crippen LogP contribution in [0, 0.1) is 20.8 Å². The van der Waals surface area contributed by atoms with E-state index in [1.807, 2.05) is 42.5 Å². The molecule has 0 aliphatic heterocycles. The molecule has 0 radical (unpaired) electrons. The van der Waals surface area contributed by atoms with E-state index >= 15 is 0 Å². The maximum atomic E-state index is 13.4. The molecule has 1 aliphatic carbocycles. The molecule has 0 amide bonds. The van der Waals surface area contributed by atoms with Crippen LogP contribution in [0.5, 0.6) is 0 Å². The summed E-state index contributed by atoms with van der Waals surface area (Å²) < 4.78 is 2.16. The Labute approximate surface area is 245 Å². The Bertz CT molecular complexity index is 2000. The zero-order valence-electron chi connectivity index (χ0n) is 23.1. The molecule has 0 unspecified atom stereocenters. The average Bonchev–Trinajstić information content (AvgIpc) is 3.51. The molecule has 6 aromatic rings. The van der Waals surface area contributed by atoms with E-state index in [4.69, 9.17) is 0 Å². The summed E-state index contributed by atoms with van der Waals surface area (Å²) in [7, 11) is 0. The fraction of sp³-hybridized carbons (Fsp3) is 0.0811. The van der Waals surface area contributed by atoms with Gasteiger partial charge in [0.15, 0.2) is 0 Å². The molecule has 1 heterocycles. The van der Waals surface area contributed by atoms with E-state index in [1.165, 1.54) is 27.5 Å². The molecule has 0 spiro atoms. The van der Waals surface area contributed by atoms with Gasteiger partial charge in [0, 0.05) is 0 Å². The van der Waals surface area contributed by atoms with Gasteiger partial charge in [-0.3, -0.25) is 0 Å². The number of fused-ring (bicyclic) bond motifs is 3. The van der Waals surface area contributed by atoms with Crippen molar-refractivity contribution in [2.45, 2.75) is 20.8 Å². The molecule has 1 aromatic heterocycles. The van der Waals surface area contributed by atoms with Crippen LogP contribution in [0.3, 0.4) is 0 Å². The summed E-state index contributed by atoms with van der Waals surface area (Å²) in [5, 5.41) is 4.36. The van der Waals surface area contributed by atoms with Crippen LogP contribution in [0.1, 0.15) is 41.8 Å². The average molecular weight is 597 g/mol. The van der Waals surface area contributed by atoms with E-state index in [1.54, 1.807) is 0 Å². The van der Waals surface area contributed by atoms with Crippen molar-refractivity contribution < 1.29 is 9.59 Å². The zero-order chi connectivity index (χ0) is 28.2.